The lowest BCUT2D eigenvalue weighted by molar-refractivity contribution is 0.0948. The molecule has 114 valence electrons. The third-order valence-corrected chi connectivity index (χ3v) is 4.28. The molecule has 0 aliphatic carbocycles. The molecule has 6 heteroatoms. The smallest absolute Gasteiger partial charge is 0.271 e. The van der Waals surface area contributed by atoms with Gasteiger partial charge in [0.15, 0.2) is 5.13 Å². The van der Waals surface area contributed by atoms with Crippen molar-refractivity contribution >= 4 is 17.2 Å². The summed E-state index contributed by atoms with van der Waals surface area (Å²) in [6.45, 7) is 2.53. The first-order valence-corrected chi connectivity index (χ1v) is 7.97. The highest BCUT2D eigenvalue weighted by Crippen LogP contribution is 2.21. The summed E-state index contributed by atoms with van der Waals surface area (Å²) in [5.74, 6) is 0.820. The van der Waals surface area contributed by atoms with Gasteiger partial charge < -0.3 is 14.3 Å². The molecule has 22 heavy (non-hydrogen) atoms. The number of hydrogen-bond acceptors (Lipinski definition) is 4. The van der Waals surface area contributed by atoms with Crippen molar-refractivity contribution in [3.05, 3.63) is 59.3 Å². The molecule has 0 saturated carbocycles. The Kier molecular flexibility index (Phi) is 4.39. The second-order valence-corrected chi connectivity index (χ2v) is 6.11. The summed E-state index contributed by atoms with van der Waals surface area (Å²) in [5, 5.41) is 3.72. The topological polar surface area (TPSA) is 60.1 Å². The predicted molar refractivity (Wildman–Crippen MR) is 85.5 cm³/mol. The van der Waals surface area contributed by atoms with E-state index < -0.39 is 0 Å². The number of nitrogens with one attached hydrogen (secondary N) is 1. The van der Waals surface area contributed by atoms with Gasteiger partial charge in [-0.05, 0) is 37.6 Å². The first kappa shape index (κ1) is 14.6. The summed E-state index contributed by atoms with van der Waals surface area (Å²) in [6, 6.07) is 7.68. The Bertz CT molecular complexity index is 730. The number of hydrogen-bond donors (Lipinski definition) is 1. The van der Waals surface area contributed by atoms with Gasteiger partial charge in [-0.25, -0.2) is 4.98 Å². The van der Waals surface area contributed by atoms with Gasteiger partial charge in [-0.15, -0.1) is 11.3 Å². The Morgan fingerprint density at radius 3 is 2.91 bits per heavy atom. The molecule has 3 aromatic rings. The second-order valence-electron chi connectivity index (χ2n) is 4.93. The number of carbonyl (C=O) groups excluding carboxylic acids is 1. The first-order chi connectivity index (χ1) is 10.7. The van der Waals surface area contributed by atoms with Crippen LogP contribution in [0.25, 0.3) is 5.13 Å². The summed E-state index contributed by atoms with van der Waals surface area (Å²) in [5.41, 5.74) is 0.506. The van der Waals surface area contributed by atoms with Crippen LogP contribution in [0.4, 0.5) is 0 Å². The summed E-state index contributed by atoms with van der Waals surface area (Å²) >= 11 is 1.51. The zero-order chi connectivity index (χ0) is 15.4. The van der Waals surface area contributed by atoms with Crippen molar-refractivity contribution in [2.24, 2.45) is 0 Å². The average Bonchev–Trinajstić information content (AvgIpc) is 3.24. The maximum atomic E-state index is 12.2. The minimum atomic E-state index is -0.119. The van der Waals surface area contributed by atoms with Crippen LogP contribution in [0.3, 0.4) is 0 Å². The summed E-state index contributed by atoms with van der Waals surface area (Å²) < 4.78 is 7.17. The minimum absolute atomic E-state index is 0.119. The second kappa shape index (κ2) is 6.62. The Balaban J connectivity index is 1.56. The highest BCUT2D eigenvalue weighted by Gasteiger charge is 2.15. The Hall–Kier alpha value is -2.34. The van der Waals surface area contributed by atoms with Gasteiger partial charge in [-0.3, -0.25) is 4.79 Å². The summed E-state index contributed by atoms with van der Waals surface area (Å²) in [4.78, 5) is 17.6. The quantitative estimate of drug-likeness (QED) is 0.711. The Morgan fingerprint density at radius 2 is 2.18 bits per heavy atom. The molecule has 5 nitrogen and oxygen atoms in total. The fraction of sp³-hybridized carbons (Fsp3) is 0.250. The molecule has 1 N–H and O–H groups in total. The van der Waals surface area contributed by atoms with E-state index in [9.17, 15) is 4.79 Å². The maximum Gasteiger partial charge on any atom is 0.271 e. The van der Waals surface area contributed by atoms with Crippen LogP contribution in [0.1, 0.15) is 27.5 Å². The van der Waals surface area contributed by atoms with Crippen molar-refractivity contribution in [2.45, 2.75) is 19.8 Å². The fourth-order valence-electron chi connectivity index (χ4n) is 2.17. The lowest BCUT2D eigenvalue weighted by Gasteiger charge is -2.03. The van der Waals surface area contributed by atoms with Crippen LogP contribution in [-0.4, -0.2) is 22.0 Å². The molecular formula is C16H17N3O2S. The van der Waals surface area contributed by atoms with Crippen LogP contribution in [0.2, 0.25) is 0 Å². The van der Waals surface area contributed by atoms with E-state index in [2.05, 4.69) is 10.3 Å². The van der Waals surface area contributed by atoms with Gasteiger partial charge >= 0.3 is 0 Å². The van der Waals surface area contributed by atoms with Crippen LogP contribution in [0.15, 0.2) is 47.3 Å². The van der Waals surface area contributed by atoms with E-state index in [1.165, 1.54) is 11.3 Å². The number of aryl methyl sites for hydroxylation is 2. The van der Waals surface area contributed by atoms with Gasteiger partial charge in [-0.2, -0.15) is 0 Å². The SMILES string of the molecule is Cc1sc(-n2cccc2)nc1C(=O)NCCCc1ccco1. The van der Waals surface area contributed by atoms with Gasteiger partial charge in [0.05, 0.1) is 6.26 Å². The third-order valence-electron chi connectivity index (χ3n) is 3.29. The monoisotopic (exact) mass is 315 g/mol. The minimum Gasteiger partial charge on any atom is -0.469 e. The number of furan rings is 1. The van der Waals surface area contributed by atoms with Gasteiger partial charge in [-0.1, -0.05) is 0 Å². The molecule has 3 aromatic heterocycles. The number of amides is 1. The molecule has 0 fully saturated rings. The number of thiazole rings is 1. The van der Waals surface area contributed by atoms with Crippen molar-refractivity contribution in [3.8, 4) is 5.13 Å². The standard InChI is InChI=1S/C16H17N3O2S/c1-12-14(18-16(22-12)19-9-2-3-10-19)15(20)17-8-4-6-13-7-5-11-21-13/h2-3,5,7,9-11H,4,6,8H2,1H3,(H,17,20). The highest BCUT2D eigenvalue weighted by molar-refractivity contribution is 7.14. The van der Waals surface area contributed by atoms with Crippen molar-refractivity contribution in [2.75, 3.05) is 6.54 Å². The van der Waals surface area contributed by atoms with Crippen LogP contribution in [0, 0.1) is 6.92 Å². The van der Waals surface area contributed by atoms with Gasteiger partial charge in [0.2, 0.25) is 0 Å². The molecule has 3 rings (SSSR count). The number of aromatic nitrogens is 2. The molecule has 0 radical (unpaired) electrons. The molecule has 0 unspecified atom stereocenters. The van der Waals surface area contributed by atoms with Gasteiger partial charge in [0.25, 0.3) is 5.91 Å². The lowest BCUT2D eigenvalue weighted by atomic mass is 10.2. The van der Waals surface area contributed by atoms with E-state index in [1.807, 2.05) is 48.1 Å². The molecule has 0 aliphatic heterocycles. The average molecular weight is 315 g/mol. The van der Waals surface area contributed by atoms with Crippen molar-refractivity contribution in [1.82, 2.24) is 14.9 Å². The number of nitrogens with zero attached hydrogens (tertiary/aromatic N) is 2. The van der Waals surface area contributed by atoms with Crippen LogP contribution < -0.4 is 5.32 Å². The van der Waals surface area contributed by atoms with E-state index in [-0.39, 0.29) is 5.91 Å². The summed E-state index contributed by atoms with van der Waals surface area (Å²) in [7, 11) is 0. The van der Waals surface area contributed by atoms with E-state index in [4.69, 9.17) is 4.42 Å². The van der Waals surface area contributed by atoms with Crippen molar-refractivity contribution < 1.29 is 9.21 Å². The number of rotatable bonds is 6. The van der Waals surface area contributed by atoms with E-state index in [1.54, 1.807) is 6.26 Å². The lowest BCUT2D eigenvalue weighted by Crippen LogP contribution is -2.25. The molecule has 3 heterocycles. The molecule has 0 saturated heterocycles. The van der Waals surface area contributed by atoms with E-state index in [0.29, 0.717) is 12.2 Å². The fourth-order valence-corrected chi connectivity index (χ4v) is 3.04. The molecule has 0 spiro atoms. The maximum absolute atomic E-state index is 12.2. The zero-order valence-corrected chi connectivity index (χ0v) is 13.1. The molecule has 0 aliphatic rings. The van der Waals surface area contributed by atoms with E-state index >= 15 is 0 Å². The Labute approximate surface area is 132 Å². The third kappa shape index (κ3) is 3.28. The largest absolute Gasteiger partial charge is 0.469 e. The molecule has 0 bridgehead atoms. The molecule has 0 aromatic carbocycles. The van der Waals surface area contributed by atoms with E-state index in [0.717, 1.165) is 28.6 Å². The van der Waals surface area contributed by atoms with Gasteiger partial charge in [0, 0.05) is 30.2 Å². The van der Waals surface area contributed by atoms with Crippen molar-refractivity contribution in [3.63, 3.8) is 0 Å². The van der Waals surface area contributed by atoms with Crippen molar-refractivity contribution in [1.29, 1.82) is 0 Å². The number of carbonyl (C=O) groups is 1. The normalized spacial score (nSPS) is 10.8. The van der Waals surface area contributed by atoms with Crippen LogP contribution in [0.5, 0.6) is 0 Å². The van der Waals surface area contributed by atoms with Gasteiger partial charge in [0.1, 0.15) is 11.5 Å². The van der Waals surface area contributed by atoms with Crippen LogP contribution >= 0.6 is 11.3 Å². The Morgan fingerprint density at radius 1 is 1.36 bits per heavy atom. The zero-order valence-electron chi connectivity index (χ0n) is 12.3. The predicted octanol–water partition coefficient (Wildman–Crippen LogP) is 3.20. The summed E-state index contributed by atoms with van der Waals surface area (Å²) in [6.07, 6.45) is 7.16. The highest BCUT2D eigenvalue weighted by atomic mass is 32.1. The molecule has 0 atom stereocenters. The molecular weight excluding hydrogens is 298 g/mol. The van der Waals surface area contributed by atoms with Crippen LogP contribution in [-0.2, 0) is 6.42 Å². The molecule has 1 amide bonds. The first-order valence-electron chi connectivity index (χ1n) is 7.15.